The van der Waals surface area contributed by atoms with Gasteiger partial charge < -0.3 is 4.74 Å². The van der Waals surface area contributed by atoms with Crippen LogP contribution >= 0.6 is 23.2 Å². The molecule has 3 nitrogen and oxygen atoms in total. The predicted octanol–water partition coefficient (Wildman–Crippen LogP) is 4.41. The molecule has 1 heterocycles. The Labute approximate surface area is 131 Å². The molecule has 110 valence electrons. The van der Waals surface area contributed by atoms with Crippen LogP contribution in [0, 0.1) is 19.7 Å². The molecular weight excluding hydrogens is 316 g/mol. The first-order valence-electron chi connectivity index (χ1n) is 6.14. The number of benzene rings is 1. The Bertz CT molecular complexity index is 661. The number of Topliss-reactive ketones (excluding diaryl/α,β-unsaturated/α-hetero) is 1. The number of ketones is 1. The molecule has 1 aromatic carbocycles. The number of hydrogen-bond acceptors (Lipinski definition) is 3. The first-order valence-corrected chi connectivity index (χ1v) is 6.89. The molecule has 6 heteroatoms. The summed E-state index contributed by atoms with van der Waals surface area (Å²) >= 11 is 12.2. The number of rotatable bonds is 4. The van der Waals surface area contributed by atoms with Crippen LogP contribution in [0.4, 0.5) is 4.39 Å². The van der Waals surface area contributed by atoms with Gasteiger partial charge in [-0.05, 0) is 38.1 Å². The van der Waals surface area contributed by atoms with Gasteiger partial charge in [0.15, 0.2) is 18.1 Å². The Morgan fingerprint density at radius 1 is 1.14 bits per heavy atom. The smallest absolute Gasteiger partial charge is 0.200 e. The molecule has 0 N–H and O–H groups in total. The lowest BCUT2D eigenvalue weighted by molar-refractivity contribution is 0.0921. The normalized spacial score (nSPS) is 10.5. The highest BCUT2D eigenvalue weighted by atomic mass is 35.5. The molecule has 0 amide bonds. The summed E-state index contributed by atoms with van der Waals surface area (Å²) in [7, 11) is 0. The molecule has 0 aliphatic heterocycles. The number of carbonyl (C=O) groups excluding carboxylic acids is 1. The number of hydrogen-bond donors (Lipinski definition) is 0. The maximum Gasteiger partial charge on any atom is 0.200 e. The fourth-order valence-electron chi connectivity index (χ4n) is 1.76. The molecule has 0 spiro atoms. The second kappa shape index (κ2) is 6.41. The van der Waals surface area contributed by atoms with Crippen LogP contribution in [-0.4, -0.2) is 17.4 Å². The fraction of sp³-hybridized carbons (Fsp3) is 0.200. The second-order valence-electron chi connectivity index (χ2n) is 4.46. The number of pyridine rings is 1. The van der Waals surface area contributed by atoms with E-state index in [0.717, 1.165) is 0 Å². The highest BCUT2D eigenvalue weighted by molar-refractivity contribution is 6.37. The van der Waals surface area contributed by atoms with Gasteiger partial charge in [-0.2, -0.15) is 0 Å². The minimum absolute atomic E-state index is 0.235. The number of carbonyl (C=O) groups is 1. The van der Waals surface area contributed by atoms with Crippen molar-refractivity contribution in [3.63, 3.8) is 0 Å². The number of ether oxygens (including phenoxy) is 1. The van der Waals surface area contributed by atoms with Crippen molar-refractivity contribution in [2.24, 2.45) is 0 Å². The van der Waals surface area contributed by atoms with E-state index >= 15 is 0 Å². The summed E-state index contributed by atoms with van der Waals surface area (Å²) in [5, 5.41) is 0.551. The SMILES string of the molecule is Cc1nc(C)c(Cl)c(OCC(=O)c2ccc(F)cc2)c1Cl. The monoisotopic (exact) mass is 327 g/mol. The van der Waals surface area contributed by atoms with E-state index in [9.17, 15) is 9.18 Å². The Hall–Kier alpha value is -1.65. The molecule has 1 aromatic heterocycles. The lowest BCUT2D eigenvalue weighted by Gasteiger charge is -2.12. The zero-order valence-corrected chi connectivity index (χ0v) is 12.9. The van der Waals surface area contributed by atoms with E-state index in [2.05, 4.69) is 4.98 Å². The van der Waals surface area contributed by atoms with Crippen LogP contribution in [0.15, 0.2) is 24.3 Å². The van der Waals surface area contributed by atoms with Crippen molar-refractivity contribution in [3.05, 3.63) is 57.1 Å². The highest BCUT2D eigenvalue weighted by Crippen LogP contribution is 2.36. The molecule has 0 saturated carbocycles. The van der Waals surface area contributed by atoms with Crippen molar-refractivity contribution in [1.82, 2.24) is 4.98 Å². The van der Waals surface area contributed by atoms with Gasteiger partial charge in [-0.15, -0.1) is 0 Å². The largest absolute Gasteiger partial charge is 0.482 e. The Balaban J connectivity index is 2.17. The fourth-order valence-corrected chi connectivity index (χ4v) is 2.19. The minimum atomic E-state index is -0.404. The molecule has 21 heavy (non-hydrogen) atoms. The molecule has 0 aliphatic rings. The van der Waals surface area contributed by atoms with Crippen molar-refractivity contribution < 1.29 is 13.9 Å². The molecule has 0 saturated heterocycles. The lowest BCUT2D eigenvalue weighted by atomic mass is 10.1. The third-order valence-electron chi connectivity index (χ3n) is 2.88. The third-order valence-corrected chi connectivity index (χ3v) is 3.77. The Morgan fingerprint density at radius 2 is 1.67 bits per heavy atom. The van der Waals surface area contributed by atoms with Crippen molar-refractivity contribution in [3.8, 4) is 5.75 Å². The summed E-state index contributed by atoms with van der Waals surface area (Å²) < 4.78 is 18.2. The molecule has 2 aromatic rings. The average Bonchev–Trinajstić information content (AvgIpc) is 2.45. The second-order valence-corrected chi connectivity index (χ2v) is 5.21. The standard InChI is InChI=1S/C15H12Cl2FNO2/c1-8-13(16)15(14(17)9(2)19-8)21-7-12(20)10-3-5-11(18)6-4-10/h3-6H,7H2,1-2H3. The van der Waals surface area contributed by atoms with E-state index < -0.39 is 5.82 Å². The first kappa shape index (κ1) is 15.7. The van der Waals surface area contributed by atoms with Gasteiger partial charge in [-0.25, -0.2) is 4.39 Å². The average molecular weight is 328 g/mol. The van der Waals surface area contributed by atoms with Crippen molar-refractivity contribution >= 4 is 29.0 Å². The summed E-state index contributed by atoms with van der Waals surface area (Å²) in [4.78, 5) is 16.1. The highest BCUT2D eigenvalue weighted by Gasteiger charge is 2.16. The van der Waals surface area contributed by atoms with E-state index in [0.29, 0.717) is 17.0 Å². The van der Waals surface area contributed by atoms with Gasteiger partial charge in [-0.1, -0.05) is 23.2 Å². The van der Waals surface area contributed by atoms with Gasteiger partial charge in [0.2, 0.25) is 0 Å². The van der Waals surface area contributed by atoms with Crippen molar-refractivity contribution in [2.75, 3.05) is 6.61 Å². The van der Waals surface area contributed by atoms with Crippen molar-refractivity contribution in [1.29, 1.82) is 0 Å². The molecule has 0 aliphatic carbocycles. The summed E-state index contributed by atoms with van der Waals surface area (Å²) in [6.07, 6.45) is 0. The lowest BCUT2D eigenvalue weighted by Crippen LogP contribution is -2.12. The van der Waals surface area contributed by atoms with Gasteiger partial charge in [0, 0.05) is 5.56 Å². The van der Waals surface area contributed by atoms with E-state index in [4.69, 9.17) is 27.9 Å². The van der Waals surface area contributed by atoms with Crippen LogP contribution < -0.4 is 4.74 Å². The van der Waals surface area contributed by atoms with Crippen LogP contribution in [0.2, 0.25) is 10.0 Å². The zero-order chi connectivity index (χ0) is 15.6. The predicted molar refractivity (Wildman–Crippen MR) is 80.0 cm³/mol. The number of nitrogens with zero attached hydrogens (tertiary/aromatic N) is 1. The first-order chi connectivity index (χ1) is 9.90. The summed E-state index contributed by atoms with van der Waals surface area (Å²) in [5.74, 6) is -0.466. The van der Waals surface area contributed by atoms with Crippen LogP contribution in [0.25, 0.3) is 0 Å². The number of halogens is 3. The van der Waals surface area contributed by atoms with Gasteiger partial charge in [-0.3, -0.25) is 9.78 Å². The van der Waals surface area contributed by atoms with Gasteiger partial charge in [0.1, 0.15) is 15.9 Å². The van der Waals surface area contributed by atoms with Crippen LogP contribution in [0.3, 0.4) is 0 Å². The topological polar surface area (TPSA) is 39.2 Å². The molecule has 2 rings (SSSR count). The van der Waals surface area contributed by atoms with Crippen molar-refractivity contribution in [2.45, 2.75) is 13.8 Å². The van der Waals surface area contributed by atoms with Gasteiger partial charge in [0.05, 0.1) is 11.4 Å². The molecule has 0 atom stereocenters. The molecule has 0 fully saturated rings. The zero-order valence-electron chi connectivity index (χ0n) is 11.4. The summed E-state index contributed by atoms with van der Waals surface area (Å²) in [6, 6.07) is 5.22. The van der Waals surface area contributed by atoms with E-state index in [-0.39, 0.29) is 28.2 Å². The number of aryl methyl sites for hydroxylation is 2. The van der Waals surface area contributed by atoms with Crippen LogP contribution in [0.5, 0.6) is 5.75 Å². The van der Waals surface area contributed by atoms with Gasteiger partial charge >= 0.3 is 0 Å². The molecule has 0 radical (unpaired) electrons. The summed E-state index contributed by atoms with van der Waals surface area (Å²) in [5.41, 5.74) is 1.50. The van der Waals surface area contributed by atoms with E-state index in [1.807, 2.05) is 0 Å². The maximum absolute atomic E-state index is 12.8. The maximum atomic E-state index is 12.8. The third kappa shape index (κ3) is 3.52. The molecular formula is C15H12Cl2FNO2. The van der Waals surface area contributed by atoms with Crippen LogP contribution in [0.1, 0.15) is 21.7 Å². The van der Waals surface area contributed by atoms with E-state index in [1.165, 1.54) is 24.3 Å². The van der Waals surface area contributed by atoms with Gasteiger partial charge in [0.25, 0.3) is 0 Å². The molecule has 0 unspecified atom stereocenters. The van der Waals surface area contributed by atoms with E-state index in [1.54, 1.807) is 13.8 Å². The Morgan fingerprint density at radius 3 is 2.19 bits per heavy atom. The number of aromatic nitrogens is 1. The van der Waals surface area contributed by atoms with Crippen LogP contribution in [-0.2, 0) is 0 Å². The Kier molecular flexibility index (Phi) is 4.80. The quantitative estimate of drug-likeness (QED) is 0.781. The minimum Gasteiger partial charge on any atom is -0.482 e. The summed E-state index contributed by atoms with van der Waals surface area (Å²) in [6.45, 7) is 3.20. The molecule has 0 bridgehead atoms.